The molecule has 0 saturated heterocycles. The van der Waals surface area contributed by atoms with Gasteiger partial charge < -0.3 is 4.74 Å². The third-order valence-electron chi connectivity index (χ3n) is 4.78. The smallest absolute Gasteiger partial charge is 0.380 e. The quantitative estimate of drug-likeness (QED) is 0.343. The zero-order chi connectivity index (χ0) is 22.4. The average molecular weight is 421 g/mol. The summed E-state index contributed by atoms with van der Waals surface area (Å²) in [4.78, 5) is 11.3. The van der Waals surface area contributed by atoms with Crippen molar-refractivity contribution in [2.45, 2.75) is 12.8 Å². The van der Waals surface area contributed by atoms with Crippen molar-refractivity contribution in [2.24, 2.45) is 0 Å². The fourth-order valence-corrected chi connectivity index (χ4v) is 3.33. The summed E-state index contributed by atoms with van der Waals surface area (Å²) in [6.07, 6.45) is -1.48. The molecule has 3 rings (SSSR count). The van der Waals surface area contributed by atoms with Gasteiger partial charge in [0.1, 0.15) is 12.4 Å². The van der Waals surface area contributed by atoms with Gasteiger partial charge in [-0.15, -0.1) is 0 Å². The van der Waals surface area contributed by atoms with Crippen LogP contribution in [-0.2, 0) is 17.5 Å². The Morgan fingerprint density at radius 2 is 1.68 bits per heavy atom. The molecule has 0 aliphatic carbocycles. The molecular weight excluding hydrogens is 403 g/mol. The molecule has 0 bridgehead atoms. The van der Waals surface area contributed by atoms with Crippen molar-refractivity contribution >= 4 is 18.4 Å². The van der Waals surface area contributed by atoms with E-state index in [4.69, 9.17) is 4.74 Å². The number of aldehydes is 1. The molecule has 3 nitrogen and oxygen atoms in total. The minimum Gasteiger partial charge on any atom is -0.380 e. The van der Waals surface area contributed by atoms with Crippen LogP contribution in [0.4, 0.5) is 13.2 Å². The van der Waals surface area contributed by atoms with E-state index in [1.54, 1.807) is 18.2 Å². The molecule has 0 aliphatic rings. The zero-order valence-electron chi connectivity index (χ0n) is 16.6. The Kier molecular flexibility index (Phi) is 6.68. The van der Waals surface area contributed by atoms with Crippen LogP contribution in [0.25, 0.3) is 23.3 Å². The maximum atomic E-state index is 13.6. The number of rotatable bonds is 6. The van der Waals surface area contributed by atoms with Gasteiger partial charge in [0.2, 0.25) is 0 Å². The molecule has 3 aromatic rings. The van der Waals surface area contributed by atoms with E-state index in [0.29, 0.717) is 28.5 Å². The maximum absolute atomic E-state index is 13.6. The first kappa shape index (κ1) is 22.0. The molecule has 0 fully saturated rings. The summed E-state index contributed by atoms with van der Waals surface area (Å²) < 4.78 is 45.8. The molecular formula is C25H18F3NO2. The van der Waals surface area contributed by atoms with Crippen molar-refractivity contribution in [2.75, 3.05) is 7.11 Å². The number of carbonyl (C=O) groups is 1. The molecule has 0 atom stereocenters. The number of halogens is 3. The summed E-state index contributed by atoms with van der Waals surface area (Å²) in [7, 11) is 1.40. The number of nitrogens with zero attached hydrogens (tertiary/aromatic N) is 1. The number of hydrogen-bond acceptors (Lipinski definition) is 3. The molecule has 3 aromatic carbocycles. The van der Waals surface area contributed by atoms with Crippen LogP contribution >= 0.6 is 0 Å². The van der Waals surface area contributed by atoms with Crippen LogP contribution in [0.1, 0.15) is 38.2 Å². The number of benzene rings is 3. The van der Waals surface area contributed by atoms with Gasteiger partial charge in [0.25, 0.3) is 0 Å². The Balaban J connectivity index is 2.13. The lowest BCUT2D eigenvalue weighted by Gasteiger charge is -2.14. The van der Waals surface area contributed by atoms with E-state index in [1.807, 2.05) is 30.3 Å². The summed E-state index contributed by atoms with van der Waals surface area (Å²) in [5.41, 5.74) is 1.62. The summed E-state index contributed by atoms with van der Waals surface area (Å²) in [6, 6.07) is 18.8. The Bertz CT molecular complexity index is 1160. The van der Waals surface area contributed by atoms with Crippen molar-refractivity contribution in [3.05, 3.63) is 94.0 Å². The molecule has 0 spiro atoms. The number of carbonyl (C=O) groups excluding carboxylic acids is 1. The predicted octanol–water partition coefficient (Wildman–Crippen LogP) is 6.37. The van der Waals surface area contributed by atoms with E-state index < -0.39 is 11.7 Å². The highest BCUT2D eigenvalue weighted by Crippen LogP contribution is 2.35. The minimum absolute atomic E-state index is 0.0000116. The van der Waals surface area contributed by atoms with E-state index in [0.717, 1.165) is 11.6 Å². The first-order valence-electron chi connectivity index (χ1n) is 9.34. The molecule has 0 aliphatic heterocycles. The molecule has 0 heterocycles. The Hall–Kier alpha value is -3.69. The first-order chi connectivity index (χ1) is 14.9. The molecule has 6 heteroatoms. The van der Waals surface area contributed by atoms with E-state index in [9.17, 15) is 23.2 Å². The summed E-state index contributed by atoms with van der Waals surface area (Å²) in [5.74, 6) is 0. The fourth-order valence-electron chi connectivity index (χ4n) is 3.33. The summed E-state index contributed by atoms with van der Waals surface area (Å²) >= 11 is 0. The molecule has 0 aromatic heterocycles. The normalized spacial score (nSPS) is 11.5. The number of hydrogen-bond donors (Lipinski definition) is 0. The average Bonchev–Trinajstić information content (AvgIpc) is 2.77. The largest absolute Gasteiger partial charge is 0.417 e. The van der Waals surface area contributed by atoms with E-state index >= 15 is 0 Å². The van der Waals surface area contributed by atoms with Crippen molar-refractivity contribution in [1.82, 2.24) is 0 Å². The van der Waals surface area contributed by atoms with Crippen molar-refractivity contribution in [3.8, 4) is 17.2 Å². The van der Waals surface area contributed by atoms with Gasteiger partial charge in [-0.05, 0) is 34.4 Å². The number of ether oxygens (including phenoxy) is 1. The van der Waals surface area contributed by atoms with E-state index in [2.05, 4.69) is 6.07 Å². The fraction of sp³-hybridized carbons (Fsp3) is 0.120. The third kappa shape index (κ3) is 4.90. The van der Waals surface area contributed by atoms with E-state index in [1.165, 1.54) is 25.3 Å². The number of alkyl halides is 3. The standard InChI is InChI=1S/C25H18F3NO2/c1-31-16-21-12-19(24(25(26,27)28)13-20(21)15-30)11-10-18-8-5-9-22(23(18)14-29)17-6-3-2-4-7-17/h2-13,15H,16H2,1H3/b11-10+. The second kappa shape index (κ2) is 9.41. The molecule has 156 valence electrons. The molecule has 0 unspecified atom stereocenters. The van der Waals surface area contributed by atoms with Gasteiger partial charge in [-0.1, -0.05) is 60.7 Å². The zero-order valence-corrected chi connectivity index (χ0v) is 16.6. The van der Waals surface area contributed by atoms with Crippen LogP contribution < -0.4 is 0 Å². The van der Waals surface area contributed by atoms with Gasteiger partial charge in [-0.25, -0.2) is 0 Å². The van der Waals surface area contributed by atoms with Gasteiger partial charge in [-0.3, -0.25) is 4.79 Å². The Morgan fingerprint density at radius 1 is 0.968 bits per heavy atom. The van der Waals surface area contributed by atoms with Gasteiger partial charge >= 0.3 is 6.18 Å². The van der Waals surface area contributed by atoms with Crippen LogP contribution in [0.2, 0.25) is 0 Å². The summed E-state index contributed by atoms with van der Waals surface area (Å²) in [6.45, 7) is -0.0000116. The number of nitriles is 1. The minimum atomic E-state index is -4.65. The number of methoxy groups -OCH3 is 1. The van der Waals surface area contributed by atoms with Crippen molar-refractivity contribution < 1.29 is 22.7 Å². The third-order valence-corrected chi connectivity index (χ3v) is 4.78. The van der Waals surface area contributed by atoms with Crippen LogP contribution in [0.5, 0.6) is 0 Å². The van der Waals surface area contributed by atoms with Crippen LogP contribution in [0.3, 0.4) is 0 Å². The lowest BCUT2D eigenvalue weighted by atomic mass is 9.94. The summed E-state index contributed by atoms with van der Waals surface area (Å²) in [5, 5.41) is 9.70. The molecule has 0 radical (unpaired) electrons. The maximum Gasteiger partial charge on any atom is 0.417 e. The van der Waals surface area contributed by atoms with Crippen LogP contribution in [-0.4, -0.2) is 13.4 Å². The van der Waals surface area contributed by atoms with Crippen molar-refractivity contribution in [1.29, 1.82) is 5.26 Å². The Morgan fingerprint density at radius 3 is 2.29 bits per heavy atom. The Labute approximate surface area is 178 Å². The second-order valence-electron chi connectivity index (χ2n) is 6.77. The van der Waals surface area contributed by atoms with Gasteiger partial charge in [0.15, 0.2) is 0 Å². The predicted molar refractivity (Wildman–Crippen MR) is 113 cm³/mol. The van der Waals surface area contributed by atoms with Crippen molar-refractivity contribution in [3.63, 3.8) is 0 Å². The lowest BCUT2D eigenvalue weighted by molar-refractivity contribution is -0.137. The highest BCUT2D eigenvalue weighted by molar-refractivity contribution is 5.83. The molecule has 0 saturated carbocycles. The van der Waals surface area contributed by atoms with Crippen LogP contribution in [0.15, 0.2) is 60.7 Å². The van der Waals surface area contributed by atoms with Gasteiger partial charge in [0, 0.05) is 18.2 Å². The SMILES string of the molecule is COCc1cc(/C=C/c2cccc(-c3ccccc3)c2C#N)c(C(F)(F)F)cc1C=O. The second-order valence-corrected chi connectivity index (χ2v) is 6.77. The molecule has 0 N–H and O–H groups in total. The lowest BCUT2D eigenvalue weighted by Crippen LogP contribution is -2.10. The molecule has 31 heavy (non-hydrogen) atoms. The monoisotopic (exact) mass is 421 g/mol. The van der Waals surface area contributed by atoms with E-state index in [-0.39, 0.29) is 17.7 Å². The first-order valence-corrected chi connectivity index (χ1v) is 9.34. The highest BCUT2D eigenvalue weighted by atomic mass is 19.4. The highest BCUT2D eigenvalue weighted by Gasteiger charge is 2.33. The molecule has 0 amide bonds. The topological polar surface area (TPSA) is 50.1 Å². The van der Waals surface area contributed by atoms with Crippen LogP contribution in [0, 0.1) is 11.3 Å². The van der Waals surface area contributed by atoms with Gasteiger partial charge in [0.05, 0.1) is 17.7 Å². The van der Waals surface area contributed by atoms with Gasteiger partial charge in [-0.2, -0.15) is 18.4 Å².